The van der Waals surface area contributed by atoms with Gasteiger partial charge in [0.25, 0.3) is 0 Å². The van der Waals surface area contributed by atoms with Gasteiger partial charge in [0.2, 0.25) is 0 Å². The first-order chi connectivity index (χ1) is 10.1. The van der Waals surface area contributed by atoms with Crippen molar-refractivity contribution in [3.05, 3.63) is 29.3 Å². The molecule has 1 N–H and O–H groups in total. The molecule has 3 nitrogen and oxygen atoms in total. The van der Waals surface area contributed by atoms with Crippen LogP contribution < -0.4 is 10.1 Å². The van der Waals surface area contributed by atoms with E-state index in [-0.39, 0.29) is 11.9 Å². The van der Waals surface area contributed by atoms with E-state index in [1.165, 1.54) is 12.1 Å². The van der Waals surface area contributed by atoms with Gasteiger partial charge in [0.15, 0.2) is 17.4 Å². The smallest absolute Gasteiger partial charge is 0.191 e. The summed E-state index contributed by atoms with van der Waals surface area (Å²) in [4.78, 5) is 0. The zero-order chi connectivity index (χ0) is 15.2. The quantitative estimate of drug-likeness (QED) is 0.874. The maximum atomic E-state index is 14.0. The minimum Gasteiger partial charge on any atom is -0.484 e. The van der Waals surface area contributed by atoms with Gasteiger partial charge in [-0.05, 0) is 30.2 Å². The van der Waals surface area contributed by atoms with E-state index in [0.717, 1.165) is 6.54 Å². The standard InChI is InChI=1S/C16H23F2NO2/c1-11(2)9-19-10-12-7-14(17)16(15(18)8-12)21-13-3-5-20-6-4-13/h7-8,11,13,19H,3-6,9-10H2,1-2H3. The molecule has 0 aliphatic carbocycles. The van der Waals surface area contributed by atoms with Crippen LogP contribution in [0, 0.1) is 17.6 Å². The first-order valence-electron chi connectivity index (χ1n) is 7.49. The third-order valence-electron chi connectivity index (χ3n) is 3.39. The van der Waals surface area contributed by atoms with Crippen molar-refractivity contribution in [3.63, 3.8) is 0 Å². The second-order valence-electron chi connectivity index (χ2n) is 5.84. The van der Waals surface area contributed by atoms with E-state index in [1.807, 2.05) is 0 Å². The topological polar surface area (TPSA) is 30.5 Å². The number of ether oxygens (including phenoxy) is 2. The summed E-state index contributed by atoms with van der Waals surface area (Å²) in [6.07, 6.45) is 1.15. The molecule has 1 heterocycles. The van der Waals surface area contributed by atoms with Crippen LogP contribution in [0.4, 0.5) is 8.78 Å². The Labute approximate surface area is 124 Å². The highest BCUT2D eigenvalue weighted by Gasteiger charge is 2.20. The second-order valence-corrected chi connectivity index (χ2v) is 5.84. The van der Waals surface area contributed by atoms with E-state index in [9.17, 15) is 8.78 Å². The molecule has 1 fully saturated rings. The van der Waals surface area contributed by atoms with Crippen molar-refractivity contribution in [2.45, 2.75) is 39.3 Å². The Hall–Kier alpha value is -1.20. The molecule has 0 unspecified atom stereocenters. The van der Waals surface area contributed by atoms with Gasteiger partial charge in [0.1, 0.15) is 6.10 Å². The van der Waals surface area contributed by atoms with Crippen LogP contribution in [-0.4, -0.2) is 25.9 Å². The molecule has 0 saturated carbocycles. The predicted octanol–water partition coefficient (Wildman–Crippen LogP) is 3.27. The molecule has 0 atom stereocenters. The lowest BCUT2D eigenvalue weighted by atomic mass is 10.1. The number of nitrogens with one attached hydrogen (secondary N) is 1. The Morgan fingerprint density at radius 2 is 1.86 bits per heavy atom. The Balaban J connectivity index is 1.99. The van der Waals surface area contributed by atoms with Crippen LogP contribution in [0.3, 0.4) is 0 Å². The summed E-state index contributed by atoms with van der Waals surface area (Å²) in [6, 6.07) is 2.68. The Morgan fingerprint density at radius 3 is 2.43 bits per heavy atom. The fraction of sp³-hybridized carbons (Fsp3) is 0.625. The van der Waals surface area contributed by atoms with Crippen molar-refractivity contribution < 1.29 is 18.3 Å². The van der Waals surface area contributed by atoms with E-state index in [4.69, 9.17) is 9.47 Å². The van der Waals surface area contributed by atoms with Gasteiger partial charge in [-0.15, -0.1) is 0 Å². The first-order valence-corrected chi connectivity index (χ1v) is 7.49. The highest BCUT2D eigenvalue weighted by Crippen LogP contribution is 2.26. The average Bonchev–Trinajstić information content (AvgIpc) is 2.44. The Kier molecular flexibility index (Phi) is 5.94. The molecule has 1 aromatic rings. The van der Waals surface area contributed by atoms with Gasteiger partial charge in [-0.2, -0.15) is 0 Å². The minimum atomic E-state index is -0.636. The van der Waals surface area contributed by atoms with Crippen molar-refractivity contribution in [1.29, 1.82) is 0 Å². The van der Waals surface area contributed by atoms with E-state index in [2.05, 4.69) is 19.2 Å². The van der Waals surface area contributed by atoms with Crippen molar-refractivity contribution in [3.8, 4) is 5.75 Å². The van der Waals surface area contributed by atoms with Gasteiger partial charge < -0.3 is 14.8 Å². The highest BCUT2D eigenvalue weighted by atomic mass is 19.1. The molecule has 0 amide bonds. The van der Waals surface area contributed by atoms with Gasteiger partial charge in [-0.1, -0.05) is 13.8 Å². The van der Waals surface area contributed by atoms with Crippen LogP contribution in [0.2, 0.25) is 0 Å². The third-order valence-corrected chi connectivity index (χ3v) is 3.39. The summed E-state index contributed by atoms with van der Waals surface area (Å²) in [7, 11) is 0. The van der Waals surface area contributed by atoms with Gasteiger partial charge in [0.05, 0.1) is 13.2 Å². The largest absolute Gasteiger partial charge is 0.484 e. The molecule has 21 heavy (non-hydrogen) atoms. The lowest BCUT2D eigenvalue weighted by molar-refractivity contribution is 0.0223. The van der Waals surface area contributed by atoms with Crippen molar-refractivity contribution in [1.82, 2.24) is 5.32 Å². The number of hydrogen-bond acceptors (Lipinski definition) is 3. The number of rotatable bonds is 6. The van der Waals surface area contributed by atoms with Gasteiger partial charge in [0, 0.05) is 19.4 Å². The summed E-state index contributed by atoms with van der Waals surface area (Å²) < 4.78 is 38.7. The molecule has 0 bridgehead atoms. The fourth-order valence-corrected chi connectivity index (χ4v) is 2.29. The molecule has 0 aromatic heterocycles. The highest BCUT2D eigenvalue weighted by molar-refractivity contribution is 5.31. The van der Waals surface area contributed by atoms with Gasteiger partial charge in [-0.3, -0.25) is 0 Å². The molecule has 1 aliphatic heterocycles. The van der Waals surface area contributed by atoms with Crippen molar-refractivity contribution in [2.24, 2.45) is 5.92 Å². The van der Waals surface area contributed by atoms with E-state index in [0.29, 0.717) is 44.1 Å². The fourth-order valence-electron chi connectivity index (χ4n) is 2.29. The van der Waals surface area contributed by atoms with E-state index in [1.54, 1.807) is 0 Å². The zero-order valence-corrected chi connectivity index (χ0v) is 12.6. The van der Waals surface area contributed by atoms with Crippen LogP contribution in [0.5, 0.6) is 5.75 Å². The minimum absolute atomic E-state index is 0.173. The normalized spacial score (nSPS) is 16.4. The SMILES string of the molecule is CC(C)CNCc1cc(F)c(OC2CCOCC2)c(F)c1. The summed E-state index contributed by atoms with van der Waals surface area (Å²) in [5.74, 6) is -1.05. The maximum Gasteiger partial charge on any atom is 0.191 e. The molecule has 118 valence electrons. The summed E-state index contributed by atoms with van der Waals surface area (Å²) in [6.45, 7) is 6.57. The van der Waals surface area contributed by atoms with Crippen molar-refractivity contribution >= 4 is 0 Å². The number of halogens is 2. The van der Waals surface area contributed by atoms with Crippen LogP contribution in [0.1, 0.15) is 32.3 Å². The molecule has 0 radical (unpaired) electrons. The number of hydrogen-bond donors (Lipinski definition) is 1. The Bertz CT molecular complexity index is 437. The van der Waals surface area contributed by atoms with Crippen LogP contribution in [-0.2, 0) is 11.3 Å². The first kappa shape index (κ1) is 16.2. The molecule has 1 aliphatic rings. The van der Waals surface area contributed by atoms with E-state index >= 15 is 0 Å². The molecule has 2 rings (SSSR count). The lowest BCUT2D eigenvalue weighted by Crippen LogP contribution is -2.26. The lowest BCUT2D eigenvalue weighted by Gasteiger charge is -2.23. The summed E-state index contributed by atoms with van der Waals surface area (Å²) in [5, 5.41) is 3.17. The Morgan fingerprint density at radius 1 is 1.24 bits per heavy atom. The number of benzene rings is 1. The molecular formula is C16H23F2NO2. The van der Waals surface area contributed by atoms with Crippen LogP contribution in [0.15, 0.2) is 12.1 Å². The molecule has 1 saturated heterocycles. The van der Waals surface area contributed by atoms with E-state index < -0.39 is 11.6 Å². The zero-order valence-electron chi connectivity index (χ0n) is 12.6. The average molecular weight is 299 g/mol. The second kappa shape index (κ2) is 7.71. The van der Waals surface area contributed by atoms with Gasteiger partial charge >= 0.3 is 0 Å². The van der Waals surface area contributed by atoms with Crippen LogP contribution >= 0.6 is 0 Å². The van der Waals surface area contributed by atoms with Crippen LogP contribution in [0.25, 0.3) is 0 Å². The molecule has 0 spiro atoms. The molecular weight excluding hydrogens is 276 g/mol. The third kappa shape index (κ3) is 4.93. The van der Waals surface area contributed by atoms with Crippen molar-refractivity contribution in [2.75, 3.05) is 19.8 Å². The summed E-state index contributed by atoms with van der Waals surface area (Å²) in [5.41, 5.74) is 0.588. The van der Waals surface area contributed by atoms with Gasteiger partial charge in [-0.25, -0.2) is 8.78 Å². The molecule has 5 heteroatoms. The monoisotopic (exact) mass is 299 g/mol. The summed E-state index contributed by atoms with van der Waals surface area (Å²) >= 11 is 0. The predicted molar refractivity (Wildman–Crippen MR) is 77.4 cm³/mol. The maximum absolute atomic E-state index is 14.0. The molecule has 1 aromatic carbocycles.